The summed E-state index contributed by atoms with van der Waals surface area (Å²) in [5.74, 6) is 0.845. The Kier molecular flexibility index (Phi) is 5.98. The van der Waals surface area contributed by atoms with Crippen LogP contribution in [0.5, 0.6) is 0 Å². The highest BCUT2D eigenvalue weighted by molar-refractivity contribution is 5.85. The normalized spacial score (nSPS) is 19.9. The zero-order valence-electron chi connectivity index (χ0n) is 7.68. The lowest BCUT2D eigenvalue weighted by Crippen LogP contribution is -2.32. The molecule has 0 N–H and O–H groups in total. The summed E-state index contributed by atoms with van der Waals surface area (Å²) in [5.41, 5.74) is 0. The van der Waals surface area contributed by atoms with E-state index in [-0.39, 0.29) is 12.4 Å². The van der Waals surface area contributed by atoms with Crippen LogP contribution in [0.15, 0.2) is 0 Å². The second-order valence-electron chi connectivity index (χ2n) is 3.76. The van der Waals surface area contributed by atoms with Gasteiger partial charge in [0.15, 0.2) is 0 Å². The van der Waals surface area contributed by atoms with Gasteiger partial charge in [0, 0.05) is 6.54 Å². The van der Waals surface area contributed by atoms with Crippen molar-refractivity contribution in [3.8, 4) is 0 Å². The highest BCUT2D eigenvalue weighted by atomic mass is 35.5. The number of hydrogen-bond acceptors (Lipinski definition) is 1. The fraction of sp³-hybridized carbons (Fsp3) is 1.00. The van der Waals surface area contributed by atoms with E-state index in [2.05, 4.69) is 18.7 Å². The van der Waals surface area contributed by atoms with Crippen molar-refractivity contribution in [3.05, 3.63) is 0 Å². The first-order valence-electron chi connectivity index (χ1n) is 4.51. The summed E-state index contributed by atoms with van der Waals surface area (Å²) in [6.45, 7) is 8.60. The Morgan fingerprint density at radius 3 is 2.09 bits per heavy atom. The summed E-state index contributed by atoms with van der Waals surface area (Å²) in [7, 11) is 0. The molecule has 0 spiro atoms. The van der Waals surface area contributed by atoms with Crippen LogP contribution in [0.1, 0.15) is 33.1 Å². The molecule has 0 saturated carbocycles. The molecule has 1 fully saturated rings. The summed E-state index contributed by atoms with van der Waals surface area (Å²) in [4.78, 5) is 2.59. The van der Waals surface area contributed by atoms with E-state index in [4.69, 9.17) is 0 Å². The van der Waals surface area contributed by atoms with E-state index in [0.717, 1.165) is 5.92 Å². The number of nitrogens with zero attached hydrogens (tertiary/aromatic N) is 1. The fourth-order valence-electron chi connectivity index (χ4n) is 1.66. The number of halogens is 1. The molecule has 0 bridgehead atoms. The van der Waals surface area contributed by atoms with E-state index in [9.17, 15) is 0 Å². The van der Waals surface area contributed by atoms with Gasteiger partial charge in [0.2, 0.25) is 0 Å². The lowest BCUT2D eigenvalue weighted by Gasteiger charge is -2.27. The maximum atomic E-state index is 2.59. The predicted molar refractivity (Wildman–Crippen MR) is 52.4 cm³/mol. The summed E-state index contributed by atoms with van der Waals surface area (Å²) < 4.78 is 0. The van der Waals surface area contributed by atoms with Crippen molar-refractivity contribution in [3.63, 3.8) is 0 Å². The van der Waals surface area contributed by atoms with E-state index in [1.165, 1.54) is 38.9 Å². The molecule has 1 nitrogen and oxygen atoms in total. The van der Waals surface area contributed by atoms with E-state index >= 15 is 0 Å². The van der Waals surface area contributed by atoms with Crippen LogP contribution in [0.4, 0.5) is 0 Å². The lowest BCUT2D eigenvalue weighted by atomic mass is 10.1. The van der Waals surface area contributed by atoms with E-state index in [0.29, 0.717) is 0 Å². The fourth-order valence-corrected chi connectivity index (χ4v) is 1.66. The molecule has 0 amide bonds. The Morgan fingerprint density at radius 2 is 1.64 bits per heavy atom. The molecular formula is C9H20ClN. The predicted octanol–water partition coefficient (Wildman–Crippen LogP) is 2.55. The SMILES string of the molecule is CC(C)CN1CCCCC1.Cl. The third-order valence-electron chi connectivity index (χ3n) is 2.07. The summed E-state index contributed by atoms with van der Waals surface area (Å²) >= 11 is 0. The molecule has 0 unspecified atom stereocenters. The van der Waals surface area contributed by atoms with Crippen molar-refractivity contribution in [1.82, 2.24) is 4.90 Å². The average molecular weight is 178 g/mol. The average Bonchev–Trinajstić information content (AvgIpc) is 1.88. The van der Waals surface area contributed by atoms with Crippen LogP contribution in [0.3, 0.4) is 0 Å². The monoisotopic (exact) mass is 177 g/mol. The van der Waals surface area contributed by atoms with Crippen molar-refractivity contribution >= 4 is 12.4 Å². The third-order valence-corrected chi connectivity index (χ3v) is 2.07. The third kappa shape index (κ3) is 4.65. The molecule has 0 aromatic heterocycles. The smallest absolute Gasteiger partial charge is 0.000438 e. The first-order chi connectivity index (χ1) is 4.79. The van der Waals surface area contributed by atoms with Gasteiger partial charge in [-0.15, -0.1) is 12.4 Å². The Bertz CT molecular complexity index is 87.6. The van der Waals surface area contributed by atoms with Gasteiger partial charge in [-0.2, -0.15) is 0 Å². The lowest BCUT2D eigenvalue weighted by molar-refractivity contribution is 0.206. The van der Waals surface area contributed by atoms with E-state index < -0.39 is 0 Å². The molecule has 11 heavy (non-hydrogen) atoms. The minimum absolute atomic E-state index is 0. The van der Waals surface area contributed by atoms with Crippen LogP contribution in [0.2, 0.25) is 0 Å². The number of likely N-dealkylation sites (tertiary alicyclic amines) is 1. The molecule has 1 rings (SSSR count). The second kappa shape index (κ2) is 5.84. The van der Waals surface area contributed by atoms with Crippen molar-refractivity contribution in [2.45, 2.75) is 33.1 Å². The van der Waals surface area contributed by atoms with Gasteiger partial charge >= 0.3 is 0 Å². The number of rotatable bonds is 2. The minimum Gasteiger partial charge on any atom is -0.303 e. The summed E-state index contributed by atoms with van der Waals surface area (Å²) in [5, 5.41) is 0. The van der Waals surface area contributed by atoms with Crippen LogP contribution in [0.25, 0.3) is 0 Å². The molecule has 1 aliphatic heterocycles. The molecule has 0 radical (unpaired) electrons. The van der Waals surface area contributed by atoms with Crippen LogP contribution >= 0.6 is 12.4 Å². The minimum atomic E-state index is 0. The number of hydrogen-bond donors (Lipinski definition) is 0. The van der Waals surface area contributed by atoms with Crippen molar-refractivity contribution < 1.29 is 0 Å². The first-order valence-corrected chi connectivity index (χ1v) is 4.51. The van der Waals surface area contributed by atoms with Crippen LogP contribution in [-0.2, 0) is 0 Å². The topological polar surface area (TPSA) is 3.24 Å². The van der Waals surface area contributed by atoms with Crippen LogP contribution in [-0.4, -0.2) is 24.5 Å². The molecule has 0 aromatic rings. The first kappa shape index (κ1) is 11.2. The van der Waals surface area contributed by atoms with E-state index in [1.54, 1.807) is 0 Å². The van der Waals surface area contributed by atoms with E-state index in [1.807, 2.05) is 0 Å². The van der Waals surface area contributed by atoms with Crippen LogP contribution < -0.4 is 0 Å². The zero-order valence-corrected chi connectivity index (χ0v) is 8.49. The summed E-state index contributed by atoms with van der Waals surface area (Å²) in [6, 6.07) is 0. The van der Waals surface area contributed by atoms with Gasteiger partial charge in [0.05, 0.1) is 0 Å². The van der Waals surface area contributed by atoms with Gasteiger partial charge in [0.1, 0.15) is 0 Å². The Morgan fingerprint density at radius 1 is 1.09 bits per heavy atom. The molecular weight excluding hydrogens is 158 g/mol. The van der Waals surface area contributed by atoms with Crippen molar-refractivity contribution in [1.29, 1.82) is 0 Å². The van der Waals surface area contributed by atoms with Gasteiger partial charge < -0.3 is 4.90 Å². The molecule has 0 aliphatic carbocycles. The quantitative estimate of drug-likeness (QED) is 0.627. The molecule has 1 heterocycles. The number of piperidine rings is 1. The van der Waals surface area contributed by atoms with Crippen molar-refractivity contribution in [2.24, 2.45) is 5.92 Å². The molecule has 68 valence electrons. The largest absolute Gasteiger partial charge is 0.303 e. The van der Waals surface area contributed by atoms with Gasteiger partial charge in [-0.25, -0.2) is 0 Å². The maximum Gasteiger partial charge on any atom is 0.000438 e. The maximum absolute atomic E-state index is 2.59. The Balaban J connectivity index is 0.000001000. The highest BCUT2D eigenvalue weighted by Gasteiger charge is 2.10. The van der Waals surface area contributed by atoms with Gasteiger partial charge in [-0.3, -0.25) is 0 Å². The van der Waals surface area contributed by atoms with Crippen molar-refractivity contribution in [2.75, 3.05) is 19.6 Å². The molecule has 1 aliphatic rings. The molecule has 0 aromatic carbocycles. The van der Waals surface area contributed by atoms with Gasteiger partial charge in [-0.05, 0) is 31.8 Å². The van der Waals surface area contributed by atoms with Gasteiger partial charge in [0.25, 0.3) is 0 Å². The Labute approximate surface area is 76.6 Å². The molecule has 1 saturated heterocycles. The van der Waals surface area contributed by atoms with Gasteiger partial charge in [-0.1, -0.05) is 20.3 Å². The van der Waals surface area contributed by atoms with Crippen LogP contribution in [0, 0.1) is 5.92 Å². The standard InChI is InChI=1S/C9H19N.ClH/c1-9(2)8-10-6-4-3-5-7-10;/h9H,3-8H2,1-2H3;1H. The second-order valence-corrected chi connectivity index (χ2v) is 3.76. The molecule has 2 heteroatoms. The Hall–Kier alpha value is 0.250. The molecule has 0 atom stereocenters. The highest BCUT2D eigenvalue weighted by Crippen LogP contribution is 2.09. The summed E-state index contributed by atoms with van der Waals surface area (Å²) in [6.07, 6.45) is 4.30. The zero-order chi connectivity index (χ0) is 7.40.